The second-order valence-corrected chi connectivity index (χ2v) is 5.16. The molecule has 132 valence electrons. The Morgan fingerprint density at radius 3 is 1.96 bits per heavy atom. The van der Waals surface area contributed by atoms with Crippen molar-refractivity contribution in [2.24, 2.45) is 0 Å². The van der Waals surface area contributed by atoms with E-state index >= 15 is 0 Å². The highest BCUT2D eigenvalue weighted by Crippen LogP contribution is 1.87. The highest BCUT2D eigenvalue weighted by atomic mass is 32.1. The molecule has 1 amide bonds. The molecule has 0 radical (unpaired) electrons. The van der Waals surface area contributed by atoms with Gasteiger partial charge in [-0.1, -0.05) is 20.6 Å². The second kappa shape index (κ2) is 9.61. The van der Waals surface area contributed by atoms with Gasteiger partial charge in [0.1, 0.15) is 13.1 Å². The number of H-pyrrole nitrogens is 2. The fraction of sp³-hybridized carbons (Fsp3) is 0.600. The van der Waals surface area contributed by atoms with Crippen LogP contribution in [0.1, 0.15) is 6.92 Å². The van der Waals surface area contributed by atoms with Crippen molar-refractivity contribution in [1.29, 1.82) is 0 Å². The average molecular weight is 375 g/mol. The van der Waals surface area contributed by atoms with Crippen LogP contribution >= 0.6 is 24.4 Å². The Hall–Kier alpha value is -2.48. The highest BCUT2D eigenvalue weighted by molar-refractivity contribution is 7.71. The number of tetrazole rings is 2. The molecule has 0 saturated carbocycles. The van der Waals surface area contributed by atoms with E-state index in [1.807, 2.05) is 0 Å². The summed E-state index contributed by atoms with van der Waals surface area (Å²) in [5.41, 5.74) is 0. The number of carbonyl (C=O) groups is 2. The lowest BCUT2D eigenvalue weighted by Crippen LogP contribution is -2.26. The lowest BCUT2D eigenvalue weighted by Gasteiger charge is -2.08. The van der Waals surface area contributed by atoms with Crippen LogP contribution in [0.4, 0.5) is 0 Å². The largest absolute Gasteiger partial charge is 0.465 e. The van der Waals surface area contributed by atoms with Crippen molar-refractivity contribution in [2.75, 3.05) is 20.7 Å². The fourth-order valence-corrected chi connectivity index (χ4v) is 1.54. The average Bonchev–Trinajstić information content (AvgIpc) is 3.09. The Bertz CT molecular complexity index is 775. The first-order chi connectivity index (χ1) is 11.3. The lowest BCUT2D eigenvalue weighted by atomic mass is 10.5. The molecular weight excluding hydrogens is 358 g/mol. The van der Waals surface area contributed by atoms with Crippen LogP contribution in [0.25, 0.3) is 0 Å². The number of aromatic nitrogens is 8. The van der Waals surface area contributed by atoms with E-state index in [-0.39, 0.29) is 34.5 Å². The zero-order valence-electron chi connectivity index (χ0n) is 13.3. The van der Waals surface area contributed by atoms with Gasteiger partial charge in [0.25, 0.3) is 0 Å². The quantitative estimate of drug-likeness (QED) is 0.514. The van der Waals surface area contributed by atoms with Gasteiger partial charge in [0.2, 0.25) is 15.4 Å². The third-order valence-electron chi connectivity index (χ3n) is 2.45. The molecule has 2 heterocycles. The molecular formula is C10H17N9O3S2. The molecule has 24 heavy (non-hydrogen) atoms. The van der Waals surface area contributed by atoms with Crippen molar-refractivity contribution in [3.8, 4) is 0 Å². The topological polar surface area (TPSA) is 140 Å². The van der Waals surface area contributed by atoms with Crippen LogP contribution in [-0.2, 0) is 27.4 Å². The fourth-order valence-electron chi connectivity index (χ4n) is 1.25. The molecule has 2 aromatic rings. The predicted molar refractivity (Wildman–Crippen MR) is 85.7 cm³/mol. The van der Waals surface area contributed by atoms with Gasteiger partial charge in [-0.05, 0) is 31.4 Å². The van der Waals surface area contributed by atoms with E-state index in [1.54, 1.807) is 21.0 Å². The number of rotatable bonds is 5. The molecule has 0 saturated heterocycles. The molecule has 2 rings (SSSR count). The van der Waals surface area contributed by atoms with Gasteiger partial charge >= 0.3 is 5.97 Å². The van der Waals surface area contributed by atoms with Crippen molar-refractivity contribution in [3.05, 3.63) is 9.54 Å². The van der Waals surface area contributed by atoms with Crippen LogP contribution in [0.5, 0.6) is 0 Å². The molecule has 0 bridgehead atoms. The van der Waals surface area contributed by atoms with Crippen molar-refractivity contribution < 1.29 is 14.3 Å². The number of amides is 1. The molecule has 14 heteroatoms. The Labute approximate surface area is 146 Å². The van der Waals surface area contributed by atoms with E-state index in [4.69, 9.17) is 24.4 Å². The van der Waals surface area contributed by atoms with E-state index < -0.39 is 0 Å². The first-order valence-electron chi connectivity index (χ1n) is 6.66. The summed E-state index contributed by atoms with van der Waals surface area (Å²) in [5, 5.41) is 18.8. The zero-order chi connectivity index (χ0) is 18.1. The molecule has 0 atom stereocenters. The maximum atomic E-state index is 11.1. The predicted octanol–water partition coefficient (Wildman–Crippen LogP) is -0.677. The maximum absolute atomic E-state index is 11.1. The van der Waals surface area contributed by atoms with Crippen molar-refractivity contribution in [3.63, 3.8) is 0 Å². The van der Waals surface area contributed by atoms with Crippen LogP contribution in [0.15, 0.2) is 0 Å². The summed E-state index contributed by atoms with van der Waals surface area (Å²) in [6.45, 7) is 2.27. The van der Waals surface area contributed by atoms with Gasteiger partial charge in [-0.25, -0.2) is 9.36 Å². The molecule has 0 aliphatic heterocycles. The number of ether oxygens (including phenoxy) is 1. The highest BCUT2D eigenvalue weighted by Gasteiger charge is 2.06. The summed E-state index contributed by atoms with van der Waals surface area (Å²) in [6, 6.07) is 0. The number of hydrogen-bond donors (Lipinski definition) is 2. The third kappa shape index (κ3) is 6.33. The lowest BCUT2D eigenvalue weighted by molar-refractivity contribution is -0.144. The van der Waals surface area contributed by atoms with E-state index in [9.17, 15) is 9.59 Å². The molecule has 2 aromatic heterocycles. The maximum Gasteiger partial charge on any atom is 0.327 e. The number of nitrogens with one attached hydrogen (secondary N) is 2. The van der Waals surface area contributed by atoms with E-state index in [2.05, 4.69) is 35.8 Å². The molecule has 0 unspecified atom stereocenters. The Kier molecular flexibility index (Phi) is 7.84. The number of hydrogen-bond acceptors (Lipinski definition) is 9. The number of nitrogens with zero attached hydrogens (tertiary/aromatic N) is 7. The zero-order valence-corrected chi connectivity index (χ0v) is 14.9. The molecule has 0 aliphatic carbocycles. The molecule has 0 fully saturated rings. The number of aromatic amines is 2. The normalized spacial score (nSPS) is 9.79. The molecule has 2 N–H and O–H groups in total. The monoisotopic (exact) mass is 375 g/mol. The SMILES string of the molecule is CCOC(=O)Cn1[nH]nnc1=S.CN(C)C(=O)Cn1[nH]nnc1=S. The van der Waals surface area contributed by atoms with Crippen LogP contribution in [0.3, 0.4) is 0 Å². The minimum absolute atomic E-state index is 0.0275. The van der Waals surface area contributed by atoms with Gasteiger partial charge in [-0.2, -0.15) is 10.4 Å². The number of likely N-dealkylation sites (N-methyl/N-ethyl adjacent to an activating group) is 1. The smallest absolute Gasteiger partial charge is 0.327 e. The van der Waals surface area contributed by atoms with Gasteiger partial charge < -0.3 is 9.64 Å². The van der Waals surface area contributed by atoms with Crippen LogP contribution in [-0.4, -0.2) is 77.9 Å². The second-order valence-electron chi connectivity index (χ2n) is 4.43. The molecule has 12 nitrogen and oxygen atoms in total. The van der Waals surface area contributed by atoms with Gasteiger partial charge in [0.15, 0.2) is 0 Å². The molecule has 0 spiro atoms. The number of carbonyl (C=O) groups excluding carboxylic acids is 2. The standard InChI is InChI=1S/C5H9N5OS.C5H8N4O2S/c1-9(2)4(11)3-10-5(12)6-7-8-10;1-2-11-4(10)3-9-5(12)6-7-8-9/h3H2,1-2H3,(H,6,8,12);2-3H2,1H3,(H,6,8,12). The summed E-state index contributed by atoms with van der Waals surface area (Å²) >= 11 is 9.52. The van der Waals surface area contributed by atoms with Crippen molar-refractivity contribution >= 4 is 36.3 Å². The van der Waals surface area contributed by atoms with Crippen LogP contribution < -0.4 is 0 Å². The van der Waals surface area contributed by atoms with Gasteiger partial charge in [-0.3, -0.25) is 9.59 Å². The summed E-state index contributed by atoms with van der Waals surface area (Å²) in [6.07, 6.45) is 0. The van der Waals surface area contributed by atoms with Gasteiger partial charge in [0, 0.05) is 14.1 Å². The Morgan fingerprint density at radius 2 is 1.58 bits per heavy atom. The Morgan fingerprint density at radius 1 is 1.08 bits per heavy atom. The van der Waals surface area contributed by atoms with Crippen molar-refractivity contribution in [1.82, 2.24) is 45.3 Å². The minimum Gasteiger partial charge on any atom is -0.465 e. The first-order valence-corrected chi connectivity index (χ1v) is 7.48. The summed E-state index contributed by atoms with van der Waals surface area (Å²) in [7, 11) is 3.35. The van der Waals surface area contributed by atoms with Crippen LogP contribution in [0.2, 0.25) is 0 Å². The minimum atomic E-state index is -0.361. The summed E-state index contributed by atoms with van der Waals surface area (Å²) in [4.78, 5) is 23.5. The van der Waals surface area contributed by atoms with E-state index in [0.717, 1.165) is 0 Å². The third-order valence-corrected chi connectivity index (χ3v) is 3.05. The van der Waals surface area contributed by atoms with Crippen LogP contribution in [0, 0.1) is 9.54 Å². The summed E-state index contributed by atoms with van der Waals surface area (Å²) in [5.74, 6) is -0.420. The Balaban J connectivity index is 0.000000240. The van der Waals surface area contributed by atoms with E-state index in [1.165, 1.54) is 14.3 Å². The molecule has 0 aliphatic rings. The van der Waals surface area contributed by atoms with Crippen molar-refractivity contribution in [2.45, 2.75) is 20.0 Å². The molecule has 0 aromatic carbocycles. The first kappa shape index (κ1) is 19.6. The summed E-state index contributed by atoms with van der Waals surface area (Å²) < 4.78 is 7.94. The van der Waals surface area contributed by atoms with Gasteiger partial charge in [0.05, 0.1) is 6.61 Å². The van der Waals surface area contributed by atoms with Gasteiger partial charge in [-0.15, -0.1) is 0 Å². The van der Waals surface area contributed by atoms with E-state index in [0.29, 0.717) is 6.61 Å². The number of esters is 1.